The Kier molecular flexibility index (Phi) is 4.41. The zero-order chi connectivity index (χ0) is 15.7. The topological polar surface area (TPSA) is 66.5 Å². The first-order chi connectivity index (χ1) is 9.81. The number of rotatable bonds is 4. The molecule has 1 heterocycles. The molecule has 1 N–H and O–H groups in total. The van der Waals surface area contributed by atoms with Crippen LogP contribution in [0, 0.1) is 11.7 Å². The van der Waals surface area contributed by atoms with Crippen molar-refractivity contribution in [2.45, 2.75) is 13.8 Å². The molecule has 1 aliphatic rings. The average molecular weight is 357 g/mol. The van der Waals surface area contributed by atoms with E-state index in [1.807, 2.05) is 13.8 Å². The van der Waals surface area contributed by atoms with Gasteiger partial charge in [-0.15, -0.1) is 0 Å². The number of ketones is 1. The van der Waals surface area contributed by atoms with Gasteiger partial charge in [-0.2, -0.15) is 0 Å². The fourth-order valence-electron chi connectivity index (χ4n) is 2.02. The van der Waals surface area contributed by atoms with Gasteiger partial charge in [-0.25, -0.2) is 4.39 Å². The SMILES string of the molecule is CC(C)CNC(=O)CN1C(=O)C(=O)c2cc(F)cc(Br)c21. The molecule has 0 aromatic heterocycles. The number of amides is 2. The molecule has 0 saturated carbocycles. The Hall–Kier alpha value is -1.76. The first kappa shape index (κ1) is 15.6. The molecular formula is C14H14BrFN2O3. The van der Waals surface area contributed by atoms with Gasteiger partial charge < -0.3 is 5.32 Å². The Morgan fingerprint density at radius 2 is 2.05 bits per heavy atom. The molecule has 2 amide bonds. The molecule has 0 saturated heterocycles. The van der Waals surface area contributed by atoms with E-state index in [-0.39, 0.29) is 34.1 Å². The normalized spacial score (nSPS) is 13.9. The van der Waals surface area contributed by atoms with Crippen LogP contribution in [0.3, 0.4) is 0 Å². The van der Waals surface area contributed by atoms with E-state index in [0.717, 1.165) is 17.0 Å². The summed E-state index contributed by atoms with van der Waals surface area (Å²) in [5, 5.41) is 2.67. The van der Waals surface area contributed by atoms with Gasteiger partial charge in [0.25, 0.3) is 11.7 Å². The second-order valence-electron chi connectivity index (χ2n) is 5.20. The maximum atomic E-state index is 13.3. The van der Waals surface area contributed by atoms with Gasteiger partial charge >= 0.3 is 0 Å². The molecule has 1 aromatic carbocycles. The molecule has 1 aliphatic heterocycles. The van der Waals surface area contributed by atoms with E-state index < -0.39 is 17.5 Å². The molecule has 5 nitrogen and oxygen atoms in total. The van der Waals surface area contributed by atoms with E-state index in [9.17, 15) is 18.8 Å². The highest BCUT2D eigenvalue weighted by Crippen LogP contribution is 2.36. The predicted molar refractivity (Wildman–Crippen MR) is 78.6 cm³/mol. The molecule has 0 atom stereocenters. The lowest BCUT2D eigenvalue weighted by atomic mass is 10.1. The lowest BCUT2D eigenvalue weighted by molar-refractivity contribution is -0.122. The monoisotopic (exact) mass is 356 g/mol. The maximum absolute atomic E-state index is 13.3. The van der Waals surface area contributed by atoms with E-state index in [4.69, 9.17) is 0 Å². The Morgan fingerprint density at radius 3 is 2.67 bits per heavy atom. The molecule has 0 unspecified atom stereocenters. The summed E-state index contributed by atoms with van der Waals surface area (Å²) >= 11 is 3.13. The van der Waals surface area contributed by atoms with E-state index in [1.165, 1.54) is 0 Å². The second-order valence-corrected chi connectivity index (χ2v) is 6.06. The summed E-state index contributed by atoms with van der Waals surface area (Å²) in [6.07, 6.45) is 0. The van der Waals surface area contributed by atoms with E-state index in [0.29, 0.717) is 6.54 Å². The zero-order valence-corrected chi connectivity index (χ0v) is 13.2. The summed E-state index contributed by atoms with van der Waals surface area (Å²) in [6.45, 7) is 4.10. The summed E-state index contributed by atoms with van der Waals surface area (Å²) in [6, 6.07) is 2.16. The van der Waals surface area contributed by atoms with Gasteiger partial charge in [-0.3, -0.25) is 19.3 Å². The Bertz CT molecular complexity index is 631. The lowest BCUT2D eigenvalue weighted by Crippen LogP contribution is -2.41. The number of Topliss-reactive ketones (excluding diaryl/α,β-unsaturated/α-hetero) is 1. The summed E-state index contributed by atoms with van der Waals surface area (Å²) in [5.41, 5.74) is 0.217. The maximum Gasteiger partial charge on any atom is 0.299 e. The molecule has 2 rings (SSSR count). The van der Waals surface area contributed by atoms with Gasteiger partial charge in [0.1, 0.15) is 12.4 Å². The molecule has 0 fully saturated rings. The van der Waals surface area contributed by atoms with Crippen LogP contribution in [0.5, 0.6) is 0 Å². The summed E-state index contributed by atoms with van der Waals surface area (Å²) in [7, 11) is 0. The third-order valence-corrected chi connectivity index (χ3v) is 3.60. The average Bonchev–Trinajstić information content (AvgIpc) is 2.62. The number of benzene rings is 1. The first-order valence-corrected chi connectivity index (χ1v) is 7.22. The predicted octanol–water partition coefficient (Wildman–Crippen LogP) is 1.89. The molecule has 0 bridgehead atoms. The number of nitrogens with one attached hydrogen (secondary N) is 1. The van der Waals surface area contributed by atoms with Crippen molar-refractivity contribution in [3.05, 3.63) is 28.0 Å². The van der Waals surface area contributed by atoms with Crippen LogP contribution in [-0.4, -0.2) is 30.7 Å². The number of hydrogen-bond acceptors (Lipinski definition) is 3. The van der Waals surface area contributed by atoms with Gasteiger partial charge in [0, 0.05) is 11.0 Å². The molecule has 21 heavy (non-hydrogen) atoms. The number of hydrogen-bond donors (Lipinski definition) is 1. The summed E-state index contributed by atoms with van der Waals surface area (Å²) < 4.78 is 13.6. The molecule has 112 valence electrons. The van der Waals surface area contributed by atoms with E-state index in [1.54, 1.807) is 0 Å². The Balaban J connectivity index is 2.25. The highest BCUT2D eigenvalue weighted by atomic mass is 79.9. The van der Waals surface area contributed by atoms with Crippen molar-refractivity contribution in [1.82, 2.24) is 5.32 Å². The van der Waals surface area contributed by atoms with Crippen molar-refractivity contribution in [3.8, 4) is 0 Å². The van der Waals surface area contributed by atoms with Gasteiger partial charge in [-0.1, -0.05) is 13.8 Å². The molecule has 1 aromatic rings. The Morgan fingerprint density at radius 1 is 1.38 bits per heavy atom. The smallest absolute Gasteiger partial charge is 0.299 e. The summed E-state index contributed by atoms with van der Waals surface area (Å²) in [4.78, 5) is 36.7. The van der Waals surface area contributed by atoms with Crippen molar-refractivity contribution in [1.29, 1.82) is 0 Å². The number of carbonyl (C=O) groups is 3. The number of halogens is 2. The fraction of sp³-hybridized carbons (Fsp3) is 0.357. The number of fused-ring (bicyclic) bond motifs is 1. The quantitative estimate of drug-likeness (QED) is 0.837. The fourth-order valence-corrected chi connectivity index (χ4v) is 2.67. The first-order valence-electron chi connectivity index (χ1n) is 6.43. The van der Waals surface area contributed by atoms with Gasteiger partial charge in [0.2, 0.25) is 5.91 Å². The largest absolute Gasteiger partial charge is 0.354 e. The van der Waals surface area contributed by atoms with Crippen molar-refractivity contribution in [2.24, 2.45) is 5.92 Å². The third kappa shape index (κ3) is 3.12. The zero-order valence-electron chi connectivity index (χ0n) is 11.6. The number of carbonyl (C=O) groups excluding carboxylic acids is 3. The van der Waals surface area contributed by atoms with Crippen LogP contribution < -0.4 is 10.2 Å². The highest BCUT2D eigenvalue weighted by Gasteiger charge is 2.38. The molecule has 0 aliphatic carbocycles. The minimum absolute atomic E-state index is 0.0245. The van der Waals surface area contributed by atoms with Crippen molar-refractivity contribution in [3.63, 3.8) is 0 Å². The van der Waals surface area contributed by atoms with Crippen LogP contribution >= 0.6 is 15.9 Å². The van der Waals surface area contributed by atoms with Crippen LogP contribution in [-0.2, 0) is 9.59 Å². The second kappa shape index (κ2) is 5.93. The van der Waals surface area contributed by atoms with Crippen molar-refractivity contribution < 1.29 is 18.8 Å². The lowest BCUT2D eigenvalue weighted by Gasteiger charge is -2.18. The number of nitrogens with zero attached hydrogens (tertiary/aromatic N) is 1. The van der Waals surface area contributed by atoms with Gasteiger partial charge in [0.05, 0.1) is 11.3 Å². The summed E-state index contributed by atoms with van der Waals surface area (Å²) in [5.74, 6) is -2.34. The molecular weight excluding hydrogens is 343 g/mol. The number of anilines is 1. The molecule has 0 radical (unpaired) electrons. The van der Waals surface area contributed by atoms with Crippen molar-refractivity contribution >= 4 is 39.2 Å². The van der Waals surface area contributed by atoms with Crippen LogP contribution in [0.1, 0.15) is 24.2 Å². The molecule has 0 spiro atoms. The van der Waals surface area contributed by atoms with Crippen LogP contribution in [0.2, 0.25) is 0 Å². The standard InChI is InChI=1S/C14H14BrFN2O3/c1-7(2)5-17-11(19)6-18-12-9(13(20)14(18)21)3-8(16)4-10(12)15/h3-4,7H,5-6H2,1-2H3,(H,17,19). The third-order valence-electron chi connectivity index (χ3n) is 2.99. The highest BCUT2D eigenvalue weighted by molar-refractivity contribution is 9.10. The van der Waals surface area contributed by atoms with Gasteiger partial charge in [0.15, 0.2) is 0 Å². The van der Waals surface area contributed by atoms with Crippen LogP contribution in [0.25, 0.3) is 0 Å². The van der Waals surface area contributed by atoms with Gasteiger partial charge in [-0.05, 0) is 34.0 Å². The Labute approximate surface area is 129 Å². The van der Waals surface area contributed by atoms with Crippen LogP contribution in [0.4, 0.5) is 10.1 Å². The van der Waals surface area contributed by atoms with Crippen LogP contribution in [0.15, 0.2) is 16.6 Å². The minimum atomic E-state index is -0.823. The van der Waals surface area contributed by atoms with E-state index >= 15 is 0 Å². The van der Waals surface area contributed by atoms with E-state index in [2.05, 4.69) is 21.2 Å². The minimum Gasteiger partial charge on any atom is -0.354 e. The van der Waals surface area contributed by atoms with Crippen molar-refractivity contribution in [2.75, 3.05) is 18.0 Å². The molecule has 7 heteroatoms.